The lowest BCUT2D eigenvalue weighted by Crippen LogP contribution is -2.35. The Balaban J connectivity index is 2.73. The van der Waals surface area contributed by atoms with Crippen molar-refractivity contribution in [3.05, 3.63) is 33.6 Å². The molecule has 1 aliphatic rings. The zero-order valence-electron chi connectivity index (χ0n) is 9.27. The Bertz CT molecular complexity index is 484. The molecule has 0 aromatic heterocycles. The second-order valence-corrected chi connectivity index (χ2v) is 5.29. The number of hydrogen-bond donors (Lipinski definition) is 1. The van der Waals surface area contributed by atoms with Crippen molar-refractivity contribution in [2.45, 2.75) is 31.1 Å². The zero-order valence-corrected chi connectivity index (χ0v) is 10.9. The molecular formula is C12H10BrF3O2. The first-order valence-electron chi connectivity index (χ1n) is 5.47. The maximum atomic E-state index is 14.0. The average molecular weight is 323 g/mol. The number of carboxylic acids is 1. The van der Waals surface area contributed by atoms with Crippen molar-refractivity contribution >= 4 is 21.9 Å². The first kappa shape index (κ1) is 13.4. The molecule has 0 radical (unpaired) electrons. The van der Waals surface area contributed by atoms with Crippen LogP contribution in [-0.4, -0.2) is 11.1 Å². The molecule has 1 saturated carbocycles. The van der Waals surface area contributed by atoms with Gasteiger partial charge < -0.3 is 5.11 Å². The van der Waals surface area contributed by atoms with E-state index in [0.29, 0.717) is 18.9 Å². The molecule has 1 fully saturated rings. The van der Waals surface area contributed by atoms with Crippen molar-refractivity contribution in [1.82, 2.24) is 0 Å². The summed E-state index contributed by atoms with van der Waals surface area (Å²) in [5.41, 5.74) is -2.32. The van der Waals surface area contributed by atoms with Gasteiger partial charge in [0.25, 0.3) is 0 Å². The van der Waals surface area contributed by atoms with Gasteiger partial charge in [-0.3, -0.25) is 4.79 Å². The van der Waals surface area contributed by atoms with Crippen molar-refractivity contribution in [2.24, 2.45) is 0 Å². The van der Waals surface area contributed by atoms with Gasteiger partial charge in [0.1, 0.15) is 5.82 Å². The van der Waals surface area contributed by atoms with Crippen molar-refractivity contribution in [3.63, 3.8) is 0 Å². The molecule has 0 atom stereocenters. The smallest absolute Gasteiger partial charge is 0.314 e. The molecular weight excluding hydrogens is 313 g/mol. The Morgan fingerprint density at radius 3 is 2.28 bits per heavy atom. The molecule has 1 aromatic carbocycles. The predicted molar refractivity (Wildman–Crippen MR) is 61.8 cm³/mol. The minimum absolute atomic E-state index is 0.117. The van der Waals surface area contributed by atoms with Crippen molar-refractivity contribution in [1.29, 1.82) is 0 Å². The van der Waals surface area contributed by atoms with E-state index < -0.39 is 34.4 Å². The summed E-state index contributed by atoms with van der Waals surface area (Å²) in [5.74, 6) is -4.99. The van der Waals surface area contributed by atoms with Gasteiger partial charge >= 0.3 is 5.97 Å². The summed E-state index contributed by atoms with van der Waals surface area (Å²) >= 11 is 2.78. The number of halogens is 4. The first-order valence-corrected chi connectivity index (χ1v) is 6.26. The van der Waals surface area contributed by atoms with Gasteiger partial charge in [0.15, 0.2) is 11.6 Å². The van der Waals surface area contributed by atoms with E-state index in [2.05, 4.69) is 15.9 Å². The van der Waals surface area contributed by atoms with Crippen LogP contribution >= 0.6 is 15.9 Å². The highest BCUT2D eigenvalue weighted by Gasteiger charge is 2.47. The highest BCUT2D eigenvalue weighted by Crippen LogP contribution is 2.45. The number of carboxylic acid groups (broad SMARTS) is 1. The van der Waals surface area contributed by atoms with Gasteiger partial charge in [0.05, 0.1) is 9.89 Å². The van der Waals surface area contributed by atoms with Crippen LogP contribution in [0.15, 0.2) is 10.5 Å². The number of hydrogen-bond acceptors (Lipinski definition) is 1. The molecule has 1 aromatic rings. The van der Waals surface area contributed by atoms with E-state index in [9.17, 15) is 23.1 Å². The lowest BCUT2D eigenvalue weighted by molar-refractivity contribution is -0.143. The first-order chi connectivity index (χ1) is 8.40. The van der Waals surface area contributed by atoms with E-state index >= 15 is 0 Å². The van der Waals surface area contributed by atoms with Gasteiger partial charge in [-0.05, 0) is 34.8 Å². The normalized spacial score (nSPS) is 18.0. The highest BCUT2D eigenvalue weighted by atomic mass is 79.9. The second-order valence-electron chi connectivity index (χ2n) is 4.44. The molecule has 0 heterocycles. The van der Waals surface area contributed by atoms with Crippen molar-refractivity contribution in [2.75, 3.05) is 0 Å². The van der Waals surface area contributed by atoms with Crippen LogP contribution in [0.2, 0.25) is 0 Å². The minimum atomic E-state index is -1.65. The number of benzene rings is 1. The quantitative estimate of drug-likeness (QED) is 0.842. The summed E-state index contributed by atoms with van der Waals surface area (Å²) in [6.45, 7) is 0. The van der Waals surface area contributed by atoms with Crippen LogP contribution in [0.4, 0.5) is 13.2 Å². The maximum Gasteiger partial charge on any atom is 0.314 e. The largest absolute Gasteiger partial charge is 0.481 e. The van der Waals surface area contributed by atoms with Crippen molar-refractivity contribution in [3.8, 4) is 0 Å². The summed E-state index contributed by atoms with van der Waals surface area (Å²) in [6.07, 6.45) is 1.34. The van der Waals surface area contributed by atoms with E-state index in [1.165, 1.54) is 0 Å². The fraction of sp³-hybridized carbons (Fsp3) is 0.417. The monoisotopic (exact) mass is 322 g/mol. The SMILES string of the molecule is O=C(O)C1(c2c(F)c(F)cc(Br)c2F)CCCC1. The summed E-state index contributed by atoms with van der Waals surface area (Å²) in [4.78, 5) is 11.4. The Kier molecular flexibility index (Phi) is 3.40. The number of rotatable bonds is 2. The molecule has 0 bridgehead atoms. The number of carbonyl (C=O) groups is 1. The molecule has 0 aliphatic heterocycles. The van der Waals surface area contributed by atoms with Gasteiger partial charge in [0.2, 0.25) is 0 Å². The molecule has 2 nitrogen and oxygen atoms in total. The second kappa shape index (κ2) is 4.57. The van der Waals surface area contributed by atoms with Crippen LogP contribution in [0.1, 0.15) is 31.2 Å². The predicted octanol–water partition coefficient (Wildman–Crippen LogP) is 3.76. The fourth-order valence-electron chi connectivity index (χ4n) is 2.54. The molecule has 0 unspecified atom stereocenters. The van der Waals surface area contributed by atoms with E-state index in [1.807, 2.05) is 0 Å². The van der Waals surface area contributed by atoms with E-state index in [-0.39, 0.29) is 17.3 Å². The minimum Gasteiger partial charge on any atom is -0.481 e. The topological polar surface area (TPSA) is 37.3 Å². The van der Waals surface area contributed by atoms with Gasteiger partial charge in [0, 0.05) is 5.56 Å². The van der Waals surface area contributed by atoms with Crippen molar-refractivity contribution < 1.29 is 23.1 Å². The molecule has 6 heteroatoms. The third-order valence-corrected chi connectivity index (χ3v) is 4.03. The molecule has 18 heavy (non-hydrogen) atoms. The van der Waals surface area contributed by atoms with Gasteiger partial charge in [-0.2, -0.15) is 0 Å². The Hall–Kier alpha value is -1.04. The van der Waals surface area contributed by atoms with Gasteiger partial charge in [-0.1, -0.05) is 12.8 Å². The summed E-state index contributed by atoms with van der Waals surface area (Å²) < 4.78 is 40.9. The van der Waals surface area contributed by atoms with E-state index in [1.54, 1.807) is 0 Å². The molecule has 1 aliphatic carbocycles. The average Bonchev–Trinajstić information content (AvgIpc) is 2.77. The zero-order chi connectivity index (χ0) is 13.5. The standard InChI is InChI=1S/C12H10BrF3O2/c13-6-5-7(14)10(16)8(9(6)15)12(11(17)18)3-1-2-4-12/h5H,1-4H2,(H,17,18). The van der Waals surface area contributed by atoms with Crippen LogP contribution < -0.4 is 0 Å². The van der Waals surface area contributed by atoms with Crippen LogP contribution in [0.5, 0.6) is 0 Å². The van der Waals surface area contributed by atoms with Crippen LogP contribution in [-0.2, 0) is 10.2 Å². The molecule has 0 spiro atoms. The maximum absolute atomic E-state index is 14.0. The van der Waals surface area contributed by atoms with Crippen LogP contribution in [0.3, 0.4) is 0 Å². The third-order valence-electron chi connectivity index (χ3n) is 3.46. The van der Waals surface area contributed by atoms with Crippen LogP contribution in [0.25, 0.3) is 0 Å². The lowest BCUT2D eigenvalue weighted by atomic mass is 9.78. The van der Waals surface area contributed by atoms with Gasteiger partial charge in [-0.15, -0.1) is 0 Å². The molecule has 2 rings (SSSR count). The Morgan fingerprint density at radius 2 is 1.78 bits per heavy atom. The molecule has 1 N–H and O–H groups in total. The van der Waals surface area contributed by atoms with Crippen LogP contribution in [0, 0.1) is 17.5 Å². The summed E-state index contributed by atoms with van der Waals surface area (Å²) in [6, 6.07) is 0.665. The lowest BCUT2D eigenvalue weighted by Gasteiger charge is -2.25. The molecule has 0 saturated heterocycles. The molecule has 98 valence electrons. The Labute approximate surface area is 110 Å². The highest BCUT2D eigenvalue weighted by molar-refractivity contribution is 9.10. The summed E-state index contributed by atoms with van der Waals surface area (Å²) in [5, 5.41) is 9.28. The van der Waals surface area contributed by atoms with Gasteiger partial charge in [-0.25, -0.2) is 13.2 Å². The fourth-order valence-corrected chi connectivity index (χ4v) is 2.94. The summed E-state index contributed by atoms with van der Waals surface area (Å²) in [7, 11) is 0. The van der Waals surface area contributed by atoms with E-state index in [4.69, 9.17) is 0 Å². The Morgan fingerprint density at radius 1 is 1.22 bits per heavy atom. The molecule has 0 amide bonds. The van der Waals surface area contributed by atoms with E-state index in [0.717, 1.165) is 0 Å². The number of aliphatic carboxylic acids is 1. The third kappa shape index (κ3) is 1.83.